The summed E-state index contributed by atoms with van der Waals surface area (Å²) in [6.07, 6.45) is 5.44. The predicted octanol–water partition coefficient (Wildman–Crippen LogP) is 1.09. The average Bonchev–Trinajstić information content (AvgIpc) is 2.71. The van der Waals surface area contributed by atoms with Gasteiger partial charge >= 0.3 is 0 Å². The minimum atomic E-state index is 0.669. The van der Waals surface area contributed by atoms with Gasteiger partial charge in [0.15, 0.2) is 0 Å². The standard InChI is InChI=1S/C10H13N5/c1-9-3-5-11-10(14-9)12-6-8-15-7-2-4-13-15/h2-5,7H,6,8H2,1H3,(H,11,12,14). The fraction of sp³-hybridized carbons (Fsp3) is 0.300. The molecule has 0 aliphatic heterocycles. The maximum Gasteiger partial charge on any atom is 0.222 e. The first-order valence-electron chi connectivity index (χ1n) is 4.85. The van der Waals surface area contributed by atoms with Crippen molar-refractivity contribution >= 4 is 5.95 Å². The van der Waals surface area contributed by atoms with Crippen LogP contribution in [0.15, 0.2) is 30.7 Å². The summed E-state index contributed by atoms with van der Waals surface area (Å²) in [4.78, 5) is 8.35. The van der Waals surface area contributed by atoms with Gasteiger partial charge < -0.3 is 5.32 Å². The normalized spacial score (nSPS) is 10.2. The predicted molar refractivity (Wildman–Crippen MR) is 57.5 cm³/mol. The van der Waals surface area contributed by atoms with E-state index < -0.39 is 0 Å². The Morgan fingerprint density at radius 2 is 2.33 bits per heavy atom. The number of hydrogen-bond acceptors (Lipinski definition) is 4. The van der Waals surface area contributed by atoms with Crippen molar-refractivity contribution in [2.45, 2.75) is 13.5 Å². The number of nitrogens with zero attached hydrogens (tertiary/aromatic N) is 4. The number of aromatic nitrogens is 4. The molecule has 0 atom stereocenters. The van der Waals surface area contributed by atoms with E-state index in [1.165, 1.54) is 0 Å². The first-order chi connectivity index (χ1) is 7.34. The van der Waals surface area contributed by atoms with Crippen molar-refractivity contribution in [3.05, 3.63) is 36.4 Å². The lowest BCUT2D eigenvalue weighted by atomic mass is 10.5. The SMILES string of the molecule is Cc1ccnc(NCCn2cccn2)n1. The molecule has 0 spiro atoms. The number of hydrogen-bond donors (Lipinski definition) is 1. The molecule has 2 heterocycles. The van der Waals surface area contributed by atoms with Crippen LogP contribution in [0.25, 0.3) is 0 Å². The molecule has 0 aliphatic carbocycles. The molecule has 0 aromatic carbocycles. The second-order valence-electron chi connectivity index (χ2n) is 3.22. The summed E-state index contributed by atoms with van der Waals surface area (Å²) in [6.45, 7) is 3.52. The van der Waals surface area contributed by atoms with Gasteiger partial charge in [0.2, 0.25) is 5.95 Å². The van der Waals surface area contributed by atoms with Gasteiger partial charge in [-0.15, -0.1) is 0 Å². The van der Waals surface area contributed by atoms with Crippen molar-refractivity contribution in [3.8, 4) is 0 Å². The fourth-order valence-corrected chi connectivity index (χ4v) is 1.25. The summed E-state index contributed by atoms with van der Waals surface area (Å²) in [5.41, 5.74) is 0.964. The van der Waals surface area contributed by atoms with E-state index in [0.717, 1.165) is 18.8 Å². The topological polar surface area (TPSA) is 55.6 Å². The van der Waals surface area contributed by atoms with Gasteiger partial charge in [0.25, 0.3) is 0 Å². The van der Waals surface area contributed by atoms with E-state index in [1.807, 2.05) is 29.9 Å². The van der Waals surface area contributed by atoms with E-state index in [-0.39, 0.29) is 0 Å². The molecule has 0 saturated carbocycles. The zero-order chi connectivity index (χ0) is 10.5. The number of rotatable bonds is 4. The summed E-state index contributed by atoms with van der Waals surface area (Å²) in [7, 11) is 0. The van der Waals surface area contributed by atoms with Gasteiger partial charge in [-0.05, 0) is 19.1 Å². The van der Waals surface area contributed by atoms with Crippen molar-refractivity contribution in [1.29, 1.82) is 0 Å². The summed E-state index contributed by atoms with van der Waals surface area (Å²) in [5.74, 6) is 0.669. The third-order valence-corrected chi connectivity index (χ3v) is 1.98. The molecule has 2 rings (SSSR count). The molecule has 15 heavy (non-hydrogen) atoms. The first-order valence-corrected chi connectivity index (χ1v) is 4.85. The molecule has 0 saturated heterocycles. The maximum atomic E-state index is 4.24. The summed E-state index contributed by atoms with van der Waals surface area (Å²) >= 11 is 0. The Labute approximate surface area is 88.2 Å². The van der Waals surface area contributed by atoms with Crippen molar-refractivity contribution in [3.63, 3.8) is 0 Å². The summed E-state index contributed by atoms with van der Waals surface area (Å²) in [5, 5.41) is 7.24. The molecule has 2 aromatic heterocycles. The Kier molecular flexibility index (Phi) is 2.92. The average molecular weight is 203 g/mol. The maximum absolute atomic E-state index is 4.24. The Balaban J connectivity index is 1.83. The van der Waals surface area contributed by atoms with E-state index in [2.05, 4.69) is 20.4 Å². The highest BCUT2D eigenvalue weighted by atomic mass is 15.3. The largest absolute Gasteiger partial charge is 0.352 e. The van der Waals surface area contributed by atoms with Crippen LogP contribution in [-0.2, 0) is 6.54 Å². The third-order valence-electron chi connectivity index (χ3n) is 1.98. The highest BCUT2D eigenvalue weighted by Crippen LogP contribution is 1.98. The van der Waals surface area contributed by atoms with E-state index in [1.54, 1.807) is 12.4 Å². The molecular weight excluding hydrogens is 190 g/mol. The van der Waals surface area contributed by atoms with Gasteiger partial charge in [-0.1, -0.05) is 0 Å². The van der Waals surface area contributed by atoms with E-state index in [0.29, 0.717) is 5.95 Å². The highest BCUT2D eigenvalue weighted by molar-refractivity contribution is 5.24. The monoisotopic (exact) mass is 203 g/mol. The van der Waals surface area contributed by atoms with Crippen LogP contribution in [0.5, 0.6) is 0 Å². The van der Waals surface area contributed by atoms with Crippen LogP contribution in [0, 0.1) is 6.92 Å². The van der Waals surface area contributed by atoms with Crippen molar-refractivity contribution in [1.82, 2.24) is 19.7 Å². The van der Waals surface area contributed by atoms with Crippen LogP contribution in [0.3, 0.4) is 0 Å². The molecule has 5 nitrogen and oxygen atoms in total. The van der Waals surface area contributed by atoms with Gasteiger partial charge in [-0.3, -0.25) is 4.68 Å². The Bertz CT molecular complexity index is 410. The van der Waals surface area contributed by atoms with Crippen molar-refractivity contribution in [2.75, 3.05) is 11.9 Å². The van der Waals surface area contributed by atoms with Gasteiger partial charge in [0.05, 0.1) is 6.54 Å². The highest BCUT2D eigenvalue weighted by Gasteiger charge is 1.95. The van der Waals surface area contributed by atoms with Gasteiger partial charge in [0.1, 0.15) is 0 Å². The molecule has 0 unspecified atom stereocenters. The molecule has 1 N–H and O–H groups in total. The van der Waals surface area contributed by atoms with Crippen molar-refractivity contribution < 1.29 is 0 Å². The van der Waals surface area contributed by atoms with Crippen LogP contribution in [-0.4, -0.2) is 26.3 Å². The minimum Gasteiger partial charge on any atom is -0.352 e. The molecule has 5 heteroatoms. The smallest absolute Gasteiger partial charge is 0.222 e. The van der Waals surface area contributed by atoms with E-state index in [9.17, 15) is 0 Å². The van der Waals surface area contributed by atoms with Crippen LogP contribution < -0.4 is 5.32 Å². The third kappa shape index (κ3) is 2.77. The Hall–Kier alpha value is -1.91. The van der Waals surface area contributed by atoms with Crippen LogP contribution in [0.2, 0.25) is 0 Å². The van der Waals surface area contributed by atoms with E-state index in [4.69, 9.17) is 0 Å². The number of anilines is 1. The number of aryl methyl sites for hydroxylation is 1. The lowest BCUT2D eigenvalue weighted by molar-refractivity contribution is 0.636. The van der Waals surface area contributed by atoms with Crippen LogP contribution >= 0.6 is 0 Å². The fourth-order valence-electron chi connectivity index (χ4n) is 1.25. The number of nitrogens with one attached hydrogen (secondary N) is 1. The molecule has 2 aromatic rings. The zero-order valence-electron chi connectivity index (χ0n) is 8.59. The zero-order valence-corrected chi connectivity index (χ0v) is 8.59. The lowest BCUT2D eigenvalue weighted by Gasteiger charge is -2.04. The molecule has 0 amide bonds. The minimum absolute atomic E-state index is 0.669. The molecule has 0 radical (unpaired) electrons. The van der Waals surface area contributed by atoms with Gasteiger partial charge in [-0.2, -0.15) is 5.10 Å². The second kappa shape index (κ2) is 4.54. The lowest BCUT2D eigenvalue weighted by Crippen LogP contribution is -2.12. The first kappa shape index (κ1) is 9.64. The Morgan fingerprint density at radius 1 is 1.40 bits per heavy atom. The summed E-state index contributed by atoms with van der Waals surface area (Å²) < 4.78 is 1.86. The van der Waals surface area contributed by atoms with Crippen LogP contribution in [0.4, 0.5) is 5.95 Å². The van der Waals surface area contributed by atoms with Crippen LogP contribution in [0.1, 0.15) is 5.69 Å². The van der Waals surface area contributed by atoms with Gasteiger partial charge in [-0.25, -0.2) is 9.97 Å². The molecule has 78 valence electrons. The Morgan fingerprint density at radius 3 is 3.07 bits per heavy atom. The summed E-state index contributed by atoms with van der Waals surface area (Å²) in [6, 6.07) is 3.78. The molecular formula is C10H13N5. The van der Waals surface area contributed by atoms with E-state index >= 15 is 0 Å². The van der Waals surface area contributed by atoms with Crippen molar-refractivity contribution in [2.24, 2.45) is 0 Å². The molecule has 0 bridgehead atoms. The van der Waals surface area contributed by atoms with Gasteiger partial charge in [0, 0.05) is 30.8 Å². The molecule has 0 aliphatic rings. The molecule has 0 fully saturated rings. The quantitative estimate of drug-likeness (QED) is 0.808. The second-order valence-corrected chi connectivity index (χ2v) is 3.22.